The summed E-state index contributed by atoms with van der Waals surface area (Å²) in [6, 6.07) is 19.2. The Labute approximate surface area is 185 Å². The van der Waals surface area contributed by atoms with Crippen molar-refractivity contribution in [1.82, 2.24) is 10.4 Å². The molecule has 160 valence electrons. The first-order valence-corrected chi connectivity index (χ1v) is 10.1. The van der Waals surface area contributed by atoms with Crippen LogP contribution >= 0.6 is 11.6 Å². The zero-order valence-corrected chi connectivity index (χ0v) is 17.9. The third kappa shape index (κ3) is 5.83. The molecule has 31 heavy (non-hydrogen) atoms. The van der Waals surface area contributed by atoms with Gasteiger partial charge in [-0.05, 0) is 61.9 Å². The normalized spacial score (nSPS) is 10.6. The first-order chi connectivity index (χ1) is 14.8. The molecule has 0 fully saturated rings. The molecule has 0 heterocycles. The molecule has 0 aliphatic heterocycles. The predicted molar refractivity (Wildman–Crippen MR) is 118 cm³/mol. The molecule has 0 radical (unpaired) electrons. The van der Waals surface area contributed by atoms with E-state index < -0.39 is 17.6 Å². The fraction of sp³-hybridized carbons (Fsp3) is 0.167. The van der Waals surface area contributed by atoms with Crippen LogP contribution in [0.2, 0.25) is 5.02 Å². The molecule has 3 aromatic carbocycles. The largest absolute Gasteiger partial charge is 0.483 e. The number of amides is 2. The second kappa shape index (κ2) is 10.1. The van der Waals surface area contributed by atoms with E-state index in [0.717, 1.165) is 0 Å². The third-order valence-corrected chi connectivity index (χ3v) is 4.74. The number of hydrogen-bond donors (Lipinski definition) is 1. The van der Waals surface area contributed by atoms with Gasteiger partial charge in [0, 0.05) is 22.2 Å². The number of hydrazine groups is 1. The predicted octanol–water partition coefficient (Wildman–Crippen LogP) is 5.11. The van der Waals surface area contributed by atoms with Crippen LogP contribution in [0.5, 0.6) is 5.75 Å². The van der Waals surface area contributed by atoms with Gasteiger partial charge in [-0.25, -0.2) is 9.40 Å². The van der Waals surface area contributed by atoms with Crippen LogP contribution in [-0.4, -0.2) is 29.5 Å². The van der Waals surface area contributed by atoms with Crippen molar-refractivity contribution in [3.63, 3.8) is 0 Å². The number of rotatable bonds is 6. The van der Waals surface area contributed by atoms with Gasteiger partial charge in [0.2, 0.25) is 0 Å². The maximum absolute atomic E-state index is 13.8. The number of ether oxygens (including phenoxy) is 1. The lowest BCUT2D eigenvalue weighted by atomic mass is 10.0. The first-order valence-electron chi connectivity index (χ1n) is 9.71. The highest BCUT2D eigenvalue weighted by Crippen LogP contribution is 2.31. The molecular weight excluding hydrogens is 419 g/mol. The SMILES string of the molecule is CC(C)N(NC(=O)c1ccccc1)C(=O)COc1ccc(F)cc1-c1ccc(Cl)cc1. The van der Waals surface area contributed by atoms with Gasteiger partial charge in [0.05, 0.1) is 0 Å². The van der Waals surface area contributed by atoms with Gasteiger partial charge in [-0.3, -0.25) is 15.0 Å². The van der Waals surface area contributed by atoms with Gasteiger partial charge in [-0.1, -0.05) is 41.9 Å². The summed E-state index contributed by atoms with van der Waals surface area (Å²) in [4.78, 5) is 25.2. The zero-order chi connectivity index (χ0) is 22.4. The topological polar surface area (TPSA) is 58.6 Å². The van der Waals surface area contributed by atoms with Crippen LogP contribution in [0, 0.1) is 5.82 Å². The van der Waals surface area contributed by atoms with E-state index in [1.165, 1.54) is 23.2 Å². The van der Waals surface area contributed by atoms with E-state index in [1.807, 2.05) is 0 Å². The number of benzene rings is 3. The maximum Gasteiger partial charge on any atom is 0.279 e. The van der Waals surface area contributed by atoms with Gasteiger partial charge in [0.15, 0.2) is 6.61 Å². The Balaban J connectivity index is 1.74. The summed E-state index contributed by atoms with van der Waals surface area (Å²) in [5, 5.41) is 1.78. The summed E-state index contributed by atoms with van der Waals surface area (Å²) >= 11 is 5.93. The monoisotopic (exact) mass is 440 g/mol. The van der Waals surface area contributed by atoms with Gasteiger partial charge in [-0.15, -0.1) is 0 Å². The molecule has 0 aromatic heterocycles. The lowest BCUT2D eigenvalue weighted by Crippen LogP contribution is -2.51. The average molecular weight is 441 g/mol. The molecule has 0 unspecified atom stereocenters. The highest BCUT2D eigenvalue weighted by molar-refractivity contribution is 6.30. The fourth-order valence-corrected chi connectivity index (χ4v) is 3.06. The average Bonchev–Trinajstić information content (AvgIpc) is 2.77. The zero-order valence-electron chi connectivity index (χ0n) is 17.1. The maximum atomic E-state index is 13.8. The van der Waals surface area contributed by atoms with E-state index >= 15 is 0 Å². The van der Waals surface area contributed by atoms with Crippen LogP contribution < -0.4 is 10.2 Å². The fourth-order valence-electron chi connectivity index (χ4n) is 2.94. The summed E-state index contributed by atoms with van der Waals surface area (Å²) in [5.74, 6) is -0.922. The molecule has 0 saturated carbocycles. The number of halogens is 2. The van der Waals surface area contributed by atoms with Crippen molar-refractivity contribution < 1.29 is 18.7 Å². The molecule has 0 spiro atoms. The Bertz CT molecular complexity index is 1060. The van der Waals surface area contributed by atoms with Crippen LogP contribution in [0.3, 0.4) is 0 Å². The van der Waals surface area contributed by atoms with Crippen molar-refractivity contribution in [2.45, 2.75) is 19.9 Å². The molecule has 1 N–H and O–H groups in total. The van der Waals surface area contributed by atoms with Crippen molar-refractivity contribution in [2.24, 2.45) is 0 Å². The van der Waals surface area contributed by atoms with Crippen molar-refractivity contribution in [3.8, 4) is 16.9 Å². The van der Waals surface area contributed by atoms with Gasteiger partial charge < -0.3 is 4.74 Å². The second-order valence-electron chi connectivity index (χ2n) is 7.10. The number of carbonyl (C=O) groups excluding carboxylic acids is 2. The molecule has 0 aliphatic rings. The molecule has 3 rings (SSSR count). The Morgan fingerprint density at radius 2 is 1.71 bits per heavy atom. The minimum Gasteiger partial charge on any atom is -0.483 e. The van der Waals surface area contributed by atoms with Gasteiger partial charge in [-0.2, -0.15) is 0 Å². The van der Waals surface area contributed by atoms with E-state index in [2.05, 4.69) is 5.43 Å². The smallest absolute Gasteiger partial charge is 0.279 e. The van der Waals surface area contributed by atoms with E-state index in [4.69, 9.17) is 16.3 Å². The molecule has 0 bridgehead atoms. The molecule has 3 aromatic rings. The van der Waals surface area contributed by atoms with Crippen molar-refractivity contribution in [3.05, 3.63) is 89.2 Å². The third-order valence-electron chi connectivity index (χ3n) is 4.49. The van der Waals surface area contributed by atoms with Crippen LogP contribution in [-0.2, 0) is 4.79 Å². The Morgan fingerprint density at radius 1 is 1.03 bits per heavy atom. The van der Waals surface area contributed by atoms with E-state index in [9.17, 15) is 14.0 Å². The summed E-state index contributed by atoms with van der Waals surface area (Å²) < 4.78 is 19.6. The highest BCUT2D eigenvalue weighted by atomic mass is 35.5. The molecule has 0 saturated heterocycles. The van der Waals surface area contributed by atoms with Crippen molar-refractivity contribution in [2.75, 3.05) is 6.61 Å². The van der Waals surface area contributed by atoms with E-state index in [1.54, 1.807) is 68.4 Å². The van der Waals surface area contributed by atoms with Crippen molar-refractivity contribution in [1.29, 1.82) is 0 Å². The molecular formula is C24H22ClFN2O3. The highest BCUT2D eigenvalue weighted by Gasteiger charge is 2.21. The standard InChI is InChI=1S/C24H22ClFN2O3/c1-16(2)28(27-24(30)18-6-4-3-5-7-18)23(29)15-31-22-13-12-20(26)14-21(22)17-8-10-19(25)11-9-17/h3-14,16H,15H2,1-2H3,(H,27,30). The minimum absolute atomic E-state index is 0.298. The number of carbonyl (C=O) groups is 2. The summed E-state index contributed by atoms with van der Waals surface area (Å²) in [6.45, 7) is 3.22. The summed E-state index contributed by atoms with van der Waals surface area (Å²) in [5.41, 5.74) is 4.25. The molecule has 2 amide bonds. The quantitative estimate of drug-likeness (QED) is 0.542. The number of nitrogens with one attached hydrogen (secondary N) is 1. The minimum atomic E-state index is -0.439. The Kier molecular flexibility index (Phi) is 7.26. The van der Waals surface area contributed by atoms with E-state index in [-0.39, 0.29) is 12.6 Å². The van der Waals surface area contributed by atoms with E-state index in [0.29, 0.717) is 27.5 Å². The summed E-state index contributed by atoms with van der Waals surface area (Å²) in [7, 11) is 0. The first kappa shape index (κ1) is 22.3. The van der Waals surface area contributed by atoms with Crippen LogP contribution in [0.1, 0.15) is 24.2 Å². The van der Waals surface area contributed by atoms with Crippen LogP contribution in [0.25, 0.3) is 11.1 Å². The Morgan fingerprint density at radius 3 is 2.35 bits per heavy atom. The lowest BCUT2D eigenvalue weighted by Gasteiger charge is -2.27. The van der Waals surface area contributed by atoms with Crippen LogP contribution in [0.4, 0.5) is 4.39 Å². The summed E-state index contributed by atoms with van der Waals surface area (Å²) in [6.07, 6.45) is 0. The lowest BCUT2D eigenvalue weighted by molar-refractivity contribution is -0.137. The molecule has 5 nitrogen and oxygen atoms in total. The Hall–Kier alpha value is -3.38. The second-order valence-corrected chi connectivity index (χ2v) is 7.54. The van der Waals surface area contributed by atoms with Gasteiger partial charge in [0.1, 0.15) is 11.6 Å². The molecule has 0 aliphatic carbocycles. The molecule has 0 atom stereocenters. The van der Waals surface area contributed by atoms with Crippen molar-refractivity contribution >= 4 is 23.4 Å². The number of hydrogen-bond acceptors (Lipinski definition) is 3. The van der Waals surface area contributed by atoms with Crippen LogP contribution in [0.15, 0.2) is 72.8 Å². The van der Waals surface area contributed by atoms with Gasteiger partial charge >= 0.3 is 0 Å². The molecule has 7 heteroatoms. The number of nitrogens with zero attached hydrogens (tertiary/aromatic N) is 1. The van der Waals surface area contributed by atoms with Gasteiger partial charge in [0.25, 0.3) is 11.8 Å².